The molecule has 0 aromatic heterocycles. The van der Waals surface area contributed by atoms with E-state index in [0.29, 0.717) is 6.54 Å². The van der Waals surface area contributed by atoms with Crippen molar-refractivity contribution in [2.75, 3.05) is 12.8 Å². The van der Waals surface area contributed by atoms with Gasteiger partial charge >= 0.3 is 0 Å². The van der Waals surface area contributed by atoms with Gasteiger partial charge in [0.05, 0.1) is 6.26 Å². The van der Waals surface area contributed by atoms with Crippen LogP contribution < -0.4 is 10.5 Å². The van der Waals surface area contributed by atoms with E-state index < -0.39 is 15.9 Å². The fourth-order valence-corrected chi connectivity index (χ4v) is 1.40. The van der Waals surface area contributed by atoms with Crippen molar-refractivity contribution in [2.45, 2.75) is 19.8 Å². The number of nitrogens with one attached hydrogen (secondary N) is 1. The Morgan fingerprint density at radius 2 is 2.08 bits per heavy atom. The summed E-state index contributed by atoms with van der Waals surface area (Å²) in [4.78, 5) is 11.0. The van der Waals surface area contributed by atoms with E-state index in [-0.39, 0.29) is 12.3 Å². The van der Waals surface area contributed by atoms with Crippen LogP contribution in [0.2, 0.25) is 0 Å². The number of hydrogen-bond acceptors (Lipinski definition) is 4. The topological polar surface area (TPSA) is 89.3 Å². The molecule has 0 heterocycles. The molecule has 0 aliphatic heterocycles. The molecular formula is C7H16N2O3S. The summed E-state index contributed by atoms with van der Waals surface area (Å²) in [5.74, 6) is -0.429. The average Bonchev–Trinajstić information content (AvgIpc) is 1.96. The number of carbonyl (C=O) groups is 1. The zero-order chi connectivity index (χ0) is 10.5. The smallest absolute Gasteiger partial charge is 0.233 e. The van der Waals surface area contributed by atoms with Gasteiger partial charge in [-0.1, -0.05) is 13.3 Å². The number of rotatable bonds is 5. The van der Waals surface area contributed by atoms with E-state index in [2.05, 4.69) is 0 Å². The van der Waals surface area contributed by atoms with E-state index in [4.69, 9.17) is 5.73 Å². The molecule has 0 spiro atoms. The zero-order valence-corrected chi connectivity index (χ0v) is 8.73. The molecule has 5 nitrogen and oxygen atoms in total. The third kappa shape index (κ3) is 6.53. The fraction of sp³-hybridized carbons (Fsp3) is 0.857. The Bertz CT molecular complexity index is 257. The van der Waals surface area contributed by atoms with E-state index in [9.17, 15) is 13.2 Å². The second-order valence-electron chi connectivity index (χ2n) is 3.01. The number of hydrogen-bond donors (Lipinski definition) is 2. The normalized spacial score (nSPS) is 13.8. The maximum atomic E-state index is 11.0. The van der Waals surface area contributed by atoms with Crippen LogP contribution in [-0.4, -0.2) is 27.1 Å². The summed E-state index contributed by atoms with van der Waals surface area (Å²) in [7, 11) is -3.43. The van der Waals surface area contributed by atoms with Gasteiger partial charge in [0.25, 0.3) is 0 Å². The minimum absolute atomic E-state index is 0.0572. The second kappa shape index (κ2) is 5.18. The summed E-state index contributed by atoms with van der Waals surface area (Å²) in [6.45, 7) is 2.30. The van der Waals surface area contributed by atoms with E-state index in [0.717, 1.165) is 12.7 Å². The lowest BCUT2D eigenvalue weighted by Gasteiger charge is -2.10. The van der Waals surface area contributed by atoms with Crippen LogP contribution in [0.1, 0.15) is 19.8 Å². The van der Waals surface area contributed by atoms with Crippen LogP contribution in [0.5, 0.6) is 0 Å². The van der Waals surface area contributed by atoms with E-state index in [1.807, 2.05) is 11.6 Å². The molecule has 0 aromatic carbocycles. The average molecular weight is 208 g/mol. The molecule has 0 radical (unpaired) electrons. The summed E-state index contributed by atoms with van der Waals surface area (Å²) >= 11 is 0. The number of sulfonamides is 1. The largest absolute Gasteiger partial charge is 0.330 e. The van der Waals surface area contributed by atoms with Gasteiger partial charge in [-0.15, -0.1) is 0 Å². The van der Waals surface area contributed by atoms with Crippen LogP contribution in [0.15, 0.2) is 0 Å². The van der Waals surface area contributed by atoms with Crippen molar-refractivity contribution < 1.29 is 13.2 Å². The molecule has 1 unspecified atom stereocenters. The van der Waals surface area contributed by atoms with Crippen molar-refractivity contribution in [1.82, 2.24) is 4.72 Å². The Labute approximate surface area is 78.7 Å². The highest BCUT2D eigenvalue weighted by atomic mass is 32.2. The Morgan fingerprint density at radius 1 is 1.54 bits per heavy atom. The van der Waals surface area contributed by atoms with E-state index >= 15 is 0 Å². The predicted molar refractivity (Wildman–Crippen MR) is 50.4 cm³/mol. The van der Waals surface area contributed by atoms with Gasteiger partial charge in [0.15, 0.2) is 0 Å². The van der Waals surface area contributed by atoms with Gasteiger partial charge in [0.1, 0.15) is 0 Å². The van der Waals surface area contributed by atoms with Crippen LogP contribution in [0.3, 0.4) is 0 Å². The highest BCUT2D eigenvalue weighted by Gasteiger charge is 2.13. The molecule has 0 aliphatic rings. The molecular weight excluding hydrogens is 192 g/mol. The van der Waals surface area contributed by atoms with Crippen molar-refractivity contribution in [1.29, 1.82) is 0 Å². The van der Waals surface area contributed by atoms with Crippen LogP contribution in [0, 0.1) is 5.92 Å². The van der Waals surface area contributed by atoms with E-state index in [1.54, 1.807) is 0 Å². The molecule has 0 saturated heterocycles. The number of nitrogens with two attached hydrogens (primary N) is 1. The zero-order valence-electron chi connectivity index (χ0n) is 7.91. The molecule has 0 bridgehead atoms. The first-order valence-corrected chi connectivity index (χ1v) is 5.98. The molecule has 3 N–H and O–H groups in total. The van der Waals surface area contributed by atoms with Gasteiger partial charge in [0.2, 0.25) is 15.9 Å². The molecule has 13 heavy (non-hydrogen) atoms. The molecule has 0 aromatic rings. The Morgan fingerprint density at radius 3 is 2.38 bits per heavy atom. The second-order valence-corrected chi connectivity index (χ2v) is 4.76. The first-order chi connectivity index (χ1) is 5.89. The molecule has 1 atom stereocenters. The first-order valence-electron chi connectivity index (χ1n) is 4.09. The molecule has 78 valence electrons. The lowest BCUT2D eigenvalue weighted by Crippen LogP contribution is -2.32. The molecule has 1 amide bonds. The predicted octanol–water partition coefficient (Wildman–Crippen LogP) is -0.563. The van der Waals surface area contributed by atoms with Gasteiger partial charge < -0.3 is 5.73 Å². The van der Waals surface area contributed by atoms with Crippen LogP contribution in [0.4, 0.5) is 0 Å². The lowest BCUT2D eigenvalue weighted by molar-refractivity contribution is -0.120. The van der Waals surface area contributed by atoms with Gasteiger partial charge in [-0.05, 0) is 12.5 Å². The van der Waals surface area contributed by atoms with Crippen LogP contribution >= 0.6 is 0 Å². The summed E-state index contributed by atoms with van der Waals surface area (Å²) in [6.07, 6.45) is 1.89. The Balaban J connectivity index is 4.01. The fourth-order valence-electron chi connectivity index (χ4n) is 0.905. The Kier molecular flexibility index (Phi) is 4.94. The highest BCUT2D eigenvalue weighted by Crippen LogP contribution is 2.05. The quantitative estimate of drug-likeness (QED) is 0.633. The SMILES string of the molecule is CCC(CN)CC(=O)NS(C)(=O)=O. The highest BCUT2D eigenvalue weighted by molar-refractivity contribution is 7.89. The maximum Gasteiger partial charge on any atom is 0.233 e. The third-order valence-electron chi connectivity index (χ3n) is 1.68. The minimum Gasteiger partial charge on any atom is -0.330 e. The summed E-state index contributed by atoms with van der Waals surface area (Å²) in [6, 6.07) is 0. The lowest BCUT2D eigenvalue weighted by atomic mass is 10.0. The Hall–Kier alpha value is -0.620. The van der Waals surface area contributed by atoms with Crippen molar-refractivity contribution >= 4 is 15.9 Å². The maximum absolute atomic E-state index is 11.0. The standard InChI is InChI=1S/C7H16N2O3S/c1-3-6(5-8)4-7(10)9-13(2,11)12/h6H,3-5,8H2,1-2H3,(H,9,10). The first kappa shape index (κ1) is 12.4. The van der Waals surface area contributed by atoms with Crippen molar-refractivity contribution in [3.8, 4) is 0 Å². The van der Waals surface area contributed by atoms with Crippen molar-refractivity contribution in [3.05, 3.63) is 0 Å². The molecule has 6 heteroatoms. The molecule has 0 aliphatic carbocycles. The summed E-state index contributed by atoms with van der Waals surface area (Å²) < 4.78 is 23.2. The monoisotopic (exact) mass is 208 g/mol. The van der Waals surface area contributed by atoms with E-state index in [1.165, 1.54) is 0 Å². The molecule has 0 saturated carbocycles. The number of carbonyl (C=O) groups excluding carboxylic acids is 1. The number of amides is 1. The van der Waals surface area contributed by atoms with Crippen molar-refractivity contribution in [3.63, 3.8) is 0 Å². The molecule has 0 fully saturated rings. The van der Waals surface area contributed by atoms with Gasteiger partial charge in [0, 0.05) is 6.42 Å². The summed E-state index contributed by atoms with van der Waals surface area (Å²) in [5, 5.41) is 0. The third-order valence-corrected chi connectivity index (χ3v) is 2.28. The summed E-state index contributed by atoms with van der Waals surface area (Å²) in [5.41, 5.74) is 5.37. The van der Waals surface area contributed by atoms with Crippen molar-refractivity contribution in [2.24, 2.45) is 11.7 Å². The minimum atomic E-state index is -3.43. The van der Waals surface area contributed by atoms with Crippen LogP contribution in [-0.2, 0) is 14.8 Å². The van der Waals surface area contributed by atoms with Crippen LogP contribution in [0.25, 0.3) is 0 Å². The van der Waals surface area contributed by atoms with Gasteiger partial charge in [-0.25, -0.2) is 8.42 Å². The van der Waals surface area contributed by atoms with Gasteiger partial charge in [-0.3, -0.25) is 9.52 Å². The van der Waals surface area contributed by atoms with Gasteiger partial charge in [-0.2, -0.15) is 0 Å². The molecule has 0 rings (SSSR count).